The van der Waals surface area contributed by atoms with E-state index in [1.807, 2.05) is 30.4 Å². The molecule has 2 aliphatic rings. The maximum Gasteiger partial charge on any atom is 0.209 e. The van der Waals surface area contributed by atoms with Gasteiger partial charge in [-0.3, -0.25) is 4.79 Å². The van der Waals surface area contributed by atoms with Gasteiger partial charge in [0.1, 0.15) is 17.0 Å². The van der Waals surface area contributed by atoms with Gasteiger partial charge >= 0.3 is 0 Å². The van der Waals surface area contributed by atoms with E-state index in [-0.39, 0.29) is 0 Å². The number of amides is 1. The van der Waals surface area contributed by atoms with Crippen molar-refractivity contribution >= 4 is 57.1 Å². The first-order valence-corrected chi connectivity index (χ1v) is 14.7. The molecule has 0 unspecified atom stereocenters. The fourth-order valence-electron chi connectivity index (χ4n) is 5.45. The van der Waals surface area contributed by atoms with Crippen LogP contribution in [0, 0.1) is 5.41 Å². The summed E-state index contributed by atoms with van der Waals surface area (Å²) < 4.78 is 0. The van der Waals surface area contributed by atoms with Gasteiger partial charge in [0, 0.05) is 55.1 Å². The molecule has 0 atom stereocenters. The normalized spacial score (nSPS) is 15.5. The Morgan fingerprint density at radius 2 is 1.92 bits per heavy atom. The predicted octanol–water partition coefficient (Wildman–Crippen LogP) is 4.91. The number of nitrogen functional groups attached to an aromatic ring is 1. The maximum atomic E-state index is 9.82. The number of hydrogen-bond acceptors (Lipinski definition) is 9. The average Bonchev–Trinajstić information content (AvgIpc) is 3.34. The largest absolute Gasteiger partial charge is 0.398 e. The molecule has 0 radical (unpaired) electrons. The number of nitrogens with two attached hydrogens (primary N) is 1. The molecule has 3 aromatic rings. The van der Waals surface area contributed by atoms with Crippen LogP contribution < -0.4 is 16.0 Å². The number of aromatic nitrogens is 2. The molecule has 3 heterocycles. The van der Waals surface area contributed by atoms with Gasteiger partial charge in [0.2, 0.25) is 6.41 Å². The third-order valence-electron chi connectivity index (χ3n) is 7.65. The van der Waals surface area contributed by atoms with E-state index in [0.717, 1.165) is 91.1 Å². The maximum absolute atomic E-state index is 9.82. The smallest absolute Gasteiger partial charge is 0.209 e. The minimum absolute atomic E-state index is 0.611. The number of rotatable bonds is 8. The summed E-state index contributed by atoms with van der Waals surface area (Å²) in [5, 5.41) is 12.6. The molecule has 2 aromatic heterocycles. The lowest BCUT2D eigenvalue weighted by molar-refractivity contribution is -0.117. The molecule has 0 spiro atoms. The Balaban J connectivity index is 0.000000448. The fraction of sp³-hybridized carbons (Fsp3) is 0.517. The number of carbonyl (C=O) groups is 1. The van der Waals surface area contributed by atoms with Gasteiger partial charge in [-0.1, -0.05) is 6.92 Å². The molecule has 1 aliphatic heterocycles. The van der Waals surface area contributed by atoms with Crippen molar-refractivity contribution in [1.29, 1.82) is 5.41 Å². The highest BCUT2D eigenvalue weighted by Crippen LogP contribution is 2.41. The van der Waals surface area contributed by atoms with Crippen molar-refractivity contribution in [3.05, 3.63) is 34.5 Å². The molecular weight excluding hydrogens is 508 g/mol. The number of thiophene rings is 1. The second kappa shape index (κ2) is 13.2. The second-order valence-electron chi connectivity index (χ2n) is 10.6. The van der Waals surface area contributed by atoms with E-state index in [4.69, 9.17) is 11.1 Å². The third-order valence-corrected chi connectivity index (χ3v) is 8.85. The van der Waals surface area contributed by atoms with Crippen LogP contribution in [-0.2, 0) is 17.6 Å². The Labute approximate surface area is 235 Å². The quantitative estimate of drug-likeness (QED) is 0.207. The highest BCUT2D eigenvalue weighted by atomic mass is 32.1. The van der Waals surface area contributed by atoms with E-state index in [1.54, 1.807) is 18.3 Å². The van der Waals surface area contributed by atoms with Crippen LogP contribution in [0.5, 0.6) is 0 Å². The summed E-state index contributed by atoms with van der Waals surface area (Å²) in [6, 6.07) is 4.61. The van der Waals surface area contributed by atoms with Gasteiger partial charge in [-0.2, -0.15) is 0 Å². The Hall–Kier alpha value is -3.24. The molecule has 10 heteroatoms. The Morgan fingerprint density at radius 3 is 2.56 bits per heavy atom. The summed E-state index contributed by atoms with van der Waals surface area (Å²) in [5.74, 6) is 0.861. The minimum atomic E-state index is 0.611. The molecule has 5 rings (SSSR count). The number of hydrogen-bond donors (Lipinski definition) is 3. The molecule has 9 nitrogen and oxygen atoms in total. The second-order valence-corrected chi connectivity index (χ2v) is 11.7. The van der Waals surface area contributed by atoms with Crippen LogP contribution in [0.1, 0.15) is 55.0 Å². The third kappa shape index (κ3) is 6.67. The van der Waals surface area contributed by atoms with Crippen LogP contribution in [0.3, 0.4) is 0 Å². The predicted molar refractivity (Wildman–Crippen MR) is 164 cm³/mol. The van der Waals surface area contributed by atoms with Gasteiger partial charge in [-0.05, 0) is 76.7 Å². The zero-order valence-corrected chi connectivity index (χ0v) is 24.5. The summed E-state index contributed by atoms with van der Waals surface area (Å²) in [4.78, 5) is 27.9. The van der Waals surface area contributed by atoms with Gasteiger partial charge in [0.15, 0.2) is 0 Å². The average molecular weight is 551 g/mol. The first-order valence-electron chi connectivity index (χ1n) is 13.9. The summed E-state index contributed by atoms with van der Waals surface area (Å²) in [6.45, 7) is 4.87. The van der Waals surface area contributed by atoms with Crippen molar-refractivity contribution in [1.82, 2.24) is 19.8 Å². The highest BCUT2D eigenvalue weighted by molar-refractivity contribution is 7.19. The molecule has 0 bridgehead atoms. The van der Waals surface area contributed by atoms with E-state index < -0.39 is 0 Å². The lowest BCUT2D eigenvalue weighted by Crippen LogP contribution is -2.42. The van der Waals surface area contributed by atoms with Crippen molar-refractivity contribution in [3.63, 3.8) is 0 Å². The Kier molecular flexibility index (Phi) is 9.74. The molecule has 1 amide bonds. The van der Waals surface area contributed by atoms with Crippen molar-refractivity contribution in [2.24, 2.45) is 0 Å². The zero-order valence-electron chi connectivity index (χ0n) is 23.7. The molecule has 1 aromatic carbocycles. The van der Waals surface area contributed by atoms with Gasteiger partial charge in [-0.15, -0.1) is 11.3 Å². The Bertz CT molecular complexity index is 1280. The SMILES string of the molecule is CCCN(C)C=O.CN(C)C1CCN(c2cc(N)c(C=N)cc2Nc2ncnc3sc4c(c23)CCCC4)CC1. The highest BCUT2D eigenvalue weighted by Gasteiger charge is 2.25. The van der Waals surface area contributed by atoms with Crippen LogP contribution in [0.15, 0.2) is 18.5 Å². The van der Waals surface area contributed by atoms with Gasteiger partial charge < -0.3 is 31.2 Å². The van der Waals surface area contributed by atoms with Gasteiger partial charge in [0.25, 0.3) is 0 Å². The lowest BCUT2D eigenvalue weighted by atomic mass is 9.97. The van der Waals surface area contributed by atoms with E-state index >= 15 is 0 Å². The summed E-state index contributed by atoms with van der Waals surface area (Å²) in [5.41, 5.74) is 11.1. The molecule has 210 valence electrons. The standard InChI is InChI=1S/C24H31N7S.C5H11NO/c1-30(2)16-7-9-31(10-8-16)20-12-18(26)15(13-25)11-19(20)29-23-22-17-5-3-4-6-21(17)32-24(22)28-14-27-23;1-3-4-6(2)5-7/h11-14,16,25H,3-10,26H2,1-2H3,(H,27,28,29);5H,3-4H2,1-2H3. The van der Waals surface area contributed by atoms with Crippen LogP contribution in [-0.4, -0.2) is 79.2 Å². The van der Waals surface area contributed by atoms with Crippen molar-refractivity contribution in [2.45, 2.75) is 57.9 Å². The monoisotopic (exact) mass is 550 g/mol. The fourth-order valence-corrected chi connectivity index (χ4v) is 6.68. The molecule has 0 saturated carbocycles. The Morgan fingerprint density at radius 1 is 1.18 bits per heavy atom. The molecule has 39 heavy (non-hydrogen) atoms. The van der Waals surface area contributed by atoms with Crippen LogP contribution in [0.4, 0.5) is 22.9 Å². The van der Waals surface area contributed by atoms with Gasteiger partial charge in [0.05, 0.1) is 16.8 Å². The number of carbonyl (C=O) groups excluding carboxylic acids is 1. The van der Waals surface area contributed by atoms with E-state index in [9.17, 15) is 4.79 Å². The molecule has 1 saturated heterocycles. The first-order chi connectivity index (χ1) is 18.9. The molecule has 1 aliphatic carbocycles. The molecule has 1 fully saturated rings. The molecular formula is C29H42N8OS. The zero-order chi connectivity index (χ0) is 27.9. The van der Waals surface area contributed by atoms with Crippen molar-refractivity contribution < 1.29 is 4.79 Å². The van der Waals surface area contributed by atoms with Crippen LogP contribution in [0.25, 0.3) is 10.2 Å². The number of fused-ring (bicyclic) bond motifs is 3. The number of aryl methyl sites for hydroxylation is 2. The number of benzene rings is 1. The van der Waals surface area contributed by atoms with Crippen molar-refractivity contribution in [2.75, 3.05) is 56.7 Å². The summed E-state index contributed by atoms with van der Waals surface area (Å²) in [7, 11) is 6.09. The van der Waals surface area contributed by atoms with E-state index in [0.29, 0.717) is 11.7 Å². The first kappa shape index (κ1) is 28.8. The van der Waals surface area contributed by atoms with Gasteiger partial charge in [-0.25, -0.2) is 9.97 Å². The van der Waals surface area contributed by atoms with Crippen LogP contribution >= 0.6 is 11.3 Å². The van der Waals surface area contributed by atoms with Crippen LogP contribution in [0.2, 0.25) is 0 Å². The number of piperidine rings is 1. The minimum Gasteiger partial charge on any atom is -0.398 e. The number of anilines is 4. The number of nitrogens with one attached hydrogen (secondary N) is 2. The lowest BCUT2D eigenvalue weighted by Gasteiger charge is -2.37. The van der Waals surface area contributed by atoms with E-state index in [1.165, 1.54) is 29.5 Å². The summed E-state index contributed by atoms with van der Waals surface area (Å²) in [6.07, 6.45) is 11.8. The van der Waals surface area contributed by atoms with E-state index in [2.05, 4.69) is 39.2 Å². The molecule has 4 N–H and O–H groups in total. The summed E-state index contributed by atoms with van der Waals surface area (Å²) >= 11 is 1.81. The van der Waals surface area contributed by atoms with Crippen molar-refractivity contribution in [3.8, 4) is 0 Å². The number of nitrogens with zero attached hydrogens (tertiary/aromatic N) is 5. The topological polar surface area (TPSA) is 114 Å².